The van der Waals surface area contributed by atoms with E-state index < -0.39 is 0 Å². The van der Waals surface area contributed by atoms with Crippen LogP contribution in [0.15, 0.2) is 47.9 Å². The Hall–Kier alpha value is -3.40. The Morgan fingerprint density at radius 2 is 1.86 bits per heavy atom. The molecule has 0 fully saturated rings. The van der Waals surface area contributed by atoms with Gasteiger partial charge in [0.15, 0.2) is 0 Å². The highest BCUT2D eigenvalue weighted by molar-refractivity contribution is 7.15. The van der Waals surface area contributed by atoms with Crippen molar-refractivity contribution in [3.05, 3.63) is 64.1 Å². The number of aromatic nitrogens is 2. The van der Waals surface area contributed by atoms with Gasteiger partial charge in [-0.05, 0) is 48.5 Å². The van der Waals surface area contributed by atoms with Gasteiger partial charge in [-0.2, -0.15) is 0 Å². The average Bonchev–Trinajstić information content (AvgIpc) is 3.25. The number of nitrogens with two attached hydrogens (primary N) is 2. The second-order valence-electron chi connectivity index (χ2n) is 8.74. The number of allylic oxidation sites excluding steroid dienone is 3. The van der Waals surface area contributed by atoms with Crippen molar-refractivity contribution in [3.63, 3.8) is 0 Å². The third kappa shape index (κ3) is 11.5. The van der Waals surface area contributed by atoms with E-state index in [1.165, 1.54) is 11.3 Å². The van der Waals surface area contributed by atoms with E-state index in [0.717, 1.165) is 47.5 Å². The minimum atomic E-state index is -0.152. The smallest absolute Gasteiger partial charge is 0.230 e. The van der Waals surface area contributed by atoms with Crippen molar-refractivity contribution in [3.8, 4) is 0 Å². The predicted octanol–water partition coefficient (Wildman–Crippen LogP) is 2.96. The van der Waals surface area contributed by atoms with E-state index in [1.807, 2.05) is 44.2 Å². The van der Waals surface area contributed by atoms with Crippen LogP contribution in [0, 0.1) is 5.92 Å². The summed E-state index contributed by atoms with van der Waals surface area (Å²) in [4.78, 5) is 24.3. The number of nitrogens with zero attached hydrogens (tertiary/aromatic N) is 2. The second-order valence-corrected chi connectivity index (χ2v) is 9.80. The highest BCUT2D eigenvalue weighted by Crippen LogP contribution is 2.18. The number of carbonyl (C=O) groups is 2. The fourth-order valence-electron chi connectivity index (χ4n) is 3.22. The van der Waals surface area contributed by atoms with Crippen molar-refractivity contribution in [1.82, 2.24) is 20.8 Å². The number of benzene rings is 1. The summed E-state index contributed by atoms with van der Waals surface area (Å²) in [6.45, 7) is 4.47. The van der Waals surface area contributed by atoms with E-state index >= 15 is 0 Å². The molecule has 1 aromatic carbocycles. The van der Waals surface area contributed by atoms with Crippen LogP contribution in [0.25, 0.3) is 0 Å². The van der Waals surface area contributed by atoms with Crippen LogP contribution in [0.2, 0.25) is 0 Å². The van der Waals surface area contributed by atoms with Crippen molar-refractivity contribution in [2.24, 2.45) is 17.4 Å². The molecular weight excluding hydrogens is 462 g/mol. The summed E-state index contributed by atoms with van der Waals surface area (Å²) < 4.78 is 0. The van der Waals surface area contributed by atoms with E-state index in [4.69, 9.17) is 11.5 Å². The maximum atomic E-state index is 12.5. The average molecular weight is 500 g/mol. The fraction of sp³-hybridized carbons (Fsp3) is 0.440. The molecule has 0 aliphatic heterocycles. The number of hydrogen-bond donors (Lipinski definition) is 5. The first-order chi connectivity index (χ1) is 16.7. The monoisotopic (exact) mass is 499 g/mol. The van der Waals surface area contributed by atoms with Crippen LogP contribution in [-0.4, -0.2) is 29.1 Å². The Labute approximate surface area is 211 Å². The summed E-state index contributed by atoms with van der Waals surface area (Å²) in [6.07, 6.45) is 7.67. The maximum Gasteiger partial charge on any atom is 0.230 e. The van der Waals surface area contributed by atoms with E-state index in [0.29, 0.717) is 29.8 Å². The Balaban J connectivity index is 1.75. The van der Waals surface area contributed by atoms with Gasteiger partial charge in [0.25, 0.3) is 0 Å². The lowest BCUT2D eigenvalue weighted by Gasteiger charge is -2.08. The number of aryl methyl sites for hydroxylation is 1. The van der Waals surface area contributed by atoms with Crippen molar-refractivity contribution in [2.75, 3.05) is 12.4 Å². The molecule has 0 atom stereocenters. The Morgan fingerprint density at radius 1 is 1.09 bits per heavy atom. The number of hydrogen-bond acceptors (Lipinski definition) is 8. The molecule has 9 nitrogen and oxygen atoms in total. The van der Waals surface area contributed by atoms with Crippen LogP contribution in [0.1, 0.15) is 55.7 Å². The number of carbonyl (C=O) groups excluding carboxylic acids is 2. The van der Waals surface area contributed by atoms with Gasteiger partial charge in [-0.3, -0.25) is 9.59 Å². The predicted molar refractivity (Wildman–Crippen MR) is 141 cm³/mol. The van der Waals surface area contributed by atoms with E-state index in [2.05, 4.69) is 26.1 Å². The van der Waals surface area contributed by atoms with Gasteiger partial charge in [0.1, 0.15) is 5.01 Å². The number of nitrogens with one attached hydrogen (secondary N) is 3. The molecule has 2 aromatic rings. The highest BCUT2D eigenvalue weighted by Gasteiger charge is 2.10. The third-order valence-electron chi connectivity index (χ3n) is 5.02. The quantitative estimate of drug-likeness (QED) is 0.198. The van der Waals surface area contributed by atoms with Gasteiger partial charge >= 0.3 is 0 Å². The van der Waals surface area contributed by atoms with Gasteiger partial charge < -0.3 is 27.4 Å². The van der Waals surface area contributed by atoms with Gasteiger partial charge in [0.05, 0.1) is 12.2 Å². The zero-order valence-electron chi connectivity index (χ0n) is 20.8. The summed E-state index contributed by atoms with van der Waals surface area (Å²) in [5, 5.41) is 18.2. The normalized spacial score (nSPS) is 12.0. The van der Waals surface area contributed by atoms with Crippen molar-refractivity contribution >= 4 is 28.3 Å². The molecule has 1 aromatic heterocycles. The molecule has 1 heterocycles. The largest absolute Gasteiger partial charge is 0.402 e. The Bertz CT molecular complexity index is 1030. The standard InChI is InChI=1S/C25H37N7O2S/c1-17(2)13-22(33)29-16-19-8-6-7-18(14-19)15-23(34)30-25-32-31-24(35-25)10-5-4-9-20(26)11-12-21(27)28-3/h6-8,11-12,14,17,28H,4-5,9-10,13,15-16,26-27H2,1-3H3,(H,29,33)(H,30,32,34)/b20-11-,21-12+. The summed E-state index contributed by atoms with van der Waals surface area (Å²) in [6, 6.07) is 7.66. The lowest BCUT2D eigenvalue weighted by atomic mass is 10.1. The molecule has 0 spiro atoms. The molecule has 7 N–H and O–H groups in total. The SMILES string of the molecule is CN/C(N)=C/C=C(\N)CCCCc1nnc(NC(=O)Cc2cccc(CNC(=O)CC(C)C)c2)s1. The number of amides is 2. The molecular formula is C25H37N7O2S. The first kappa shape index (κ1) is 27.8. The van der Waals surface area contributed by atoms with Crippen molar-refractivity contribution < 1.29 is 9.59 Å². The Kier molecular flexibility index (Phi) is 11.8. The first-order valence-corrected chi connectivity index (χ1v) is 12.6. The third-order valence-corrected chi connectivity index (χ3v) is 5.92. The van der Waals surface area contributed by atoms with Gasteiger partial charge in [-0.15, -0.1) is 10.2 Å². The second kappa shape index (κ2) is 14.8. The summed E-state index contributed by atoms with van der Waals surface area (Å²) in [7, 11) is 1.75. The minimum absolute atomic E-state index is 0.0296. The van der Waals surface area contributed by atoms with Gasteiger partial charge in [0, 0.05) is 32.1 Å². The molecule has 190 valence electrons. The summed E-state index contributed by atoms with van der Waals surface area (Å²) in [5.41, 5.74) is 14.3. The zero-order valence-corrected chi connectivity index (χ0v) is 21.6. The summed E-state index contributed by atoms with van der Waals surface area (Å²) in [5.74, 6) is 0.760. The maximum absolute atomic E-state index is 12.5. The van der Waals surface area contributed by atoms with Crippen LogP contribution in [0.3, 0.4) is 0 Å². The molecule has 0 aliphatic rings. The van der Waals surface area contributed by atoms with Crippen LogP contribution in [0.5, 0.6) is 0 Å². The highest BCUT2D eigenvalue weighted by atomic mass is 32.1. The molecule has 35 heavy (non-hydrogen) atoms. The fourth-order valence-corrected chi connectivity index (χ4v) is 4.01. The van der Waals surface area contributed by atoms with Crippen LogP contribution in [0.4, 0.5) is 5.13 Å². The Morgan fingerprint density at radius 3 is 2.60 bits per heavy atom. The summed E-state index contributed by atoms with van der Waals surface area (Å²) >= 11 is 1.39. The topological polar surface area (TPSA) is 148 Å². The molecule has 0 saturated carbocycles. The van der Waals surface area contributed by atoms with Crippen LogP contribution in [-0.2, 0) is 29.0 Å². The molecule has 0 unspecified atom stereocenters. The van der Waals surface area contributed by atoms with Gasteiger partial charge in [-0.1, -0.05) is 49.4 Å². The molecule has 0 aliphatic carbocycles. The molecule has 10 heteroatoms. The van der Waals surface area contributed by atoms with Crippen LogP contribution >= 0.6 is 11.3 Å². The van der Waals surface area contributed by atoms with Crippen molar-refractivity contribution in [1.29, 1.82) is 0 Å². The lowest BCUT2D eigenvalue weighted by molar-refractivity contribution is -0.122. The molecule has 0 bridgehead atoms. The van der Waals surface area contributed by atoms with Gasteiger partial charge in [0.2, 0.25) is 16.9 Å². The van der Waals surface area contributed by atoms with Gasteiger partial charge in [-0.25, -0.2) is 0 Å². The number of unbranched alkanes of at least 4 members (excludes halogenated alkanes) is 1. The molecule has 0 radical (unpaired) electrons. The van der Waals surface area contributed by atoms with E-state index in [1.54, 1.807) is 13.1 Å². The number of anilines is 1. The van der Waals surface area contributed by atoms with Crippen molar-refractivity contribution in [2.45, 2.75) is 58.9 Å². The van der Waals surface area contributed by atoms with E-state index in [9.17, 15) is 9.59 Å². The molecule has 2 amide bonds. The minimum Gasteiger partial charge on any atom is -0.402 e. The van der Waals surface area contributed by atoms with E-state index in [-0.39, 0.29) is 18.2 Å². The van der Waals surface area contributed by atoms with Crippen LogP contribution < -0.4 is 27.4 Å². The zero-order chi connectivity index (χ0) is 25.6. The lowest BCUT2D eigenvalue weighted by Crippen LogP contribution is -2.24. The molecule has 0 saturated heterocycles. The first-order valence-electron chi connectivity index (χ1n) is 11.8. The molecule has 2 rings (SSSR count). The number of rotatable bonds is 14.